The molecule has 11 heteroatoms. The van der Waals surface area contributed by atoms with Gasteiger partial charge >= 0.3 is 6.09 Å². The number of benzene rings is 1. The van der Waals surface area contributed by atoms with Crippen molar-refractivity contribution >= 4 is 27.7 Å². The van der Waals surface area contributed by atoms with Crippen LogP contribution in [0.15, 0.2) is 41.6 Å². The molecule has 1 amide bonds. The molecule has 1 aromatic carbocycles. The number of hydrogen-bond acceptors (Lipinski definition) is 6. The maximum Gasteiger partial charge on any atom is 0.409 e. The van der Waals surface area contributed by atoms with Gasteiger partial charge in [0.2, 0.25) is 10.0 Å². The molecule has 5 rings (SSSR count). The van der Waals surface area contributed by atoms with Gasteiger partial charge in [0, 0.05) is 43.6 Å². The van der Waals surface area contributed by atoms with Crippen LogP contribution in [0, 0.1) is 0 Å². The highest BCUT2D eigenvalue weighted by Crippen LogP contribution is 2.38. The molecule has 3 aliphatic heterocycles. The van der Waals surface area contributed by atoms with Crippen molar-refractivity contribution in [3.05, 3.63) is 47.5 Å². The number of amides is 1. The van der Waals surface area contributed by atoms with Crippen molar-refractivity contribution in [2.75, 3.05) is 32.8 Å². The molecule has 0 aliphatic carbocycles. The van der Waals surface area contributed by atoms with Gasteiger partial charge in [-0.1, -0.05) is 18.0 Å². The highest BCUT2D eigenvalue weighted by Gasteiger charge is 2.43. The SMILES string of the molecule is Cn1ccnc1[C@@H]1CCC[C@H](COC(=O)N2CCC(N3CCCCC3)CC2)N1S(=O)(=O)c1ccc(Cl)cc1. The molecule has 3 aliphatic rings. The Morgan fingerprint density at radius 2 is 1.71 bits per heavy atom. The maximum absolute atomic E-state index is 13.9. The first-order valence-electron chi connectivity index (χ1n) is 13.8. The van der Waals surface area contributed by atoms with Crippen molar-refractivity contribution < 1.29 is 17.9 Å². The minimum absolute atomic E-state index is 0.0125. The van der Waals surface area contributed by atoms with Gasteiger partial charge in [-0.05, 0) is 82.3 Å². The topological polar surface area (TPSA) is 88.0 Å². The number of imidazole rings is 1. The number of piperidine rings is 3. The van der Waals surface area contributed by atoms with Crippen molar-refractivity contribution in [2.24, 2.45) is 7.05 Å². The molecule has 2 atom stereocenters. The van der Waals surface area contributed by atoms with Crippen LogP contribution in [0.25, 0.3) is 0 Å². The Morgan fingerprint density at radius 1 is 1.00 bits per heavy atom. The van der Waals surface area contributed by atoms with Crippen LogP contribution in [0.2, 0.25) is 5.02 Å². The van der Waals surface area contributed by atoms with Crippen LogP contribution in [0.4, 0.5) is 4.79 Å². The van der Waals surface area contributed by atoms with Crippen LogP contribution in [0.5, 0.6) is 0 Å². The summed E-state index contributed by atoms with van der Waals surface area (Å²) in [6, 6.07) is 5.81. The van der Waals surface area contributed by atoms with E-state index in [2.05, 4.69) is 9.88 Å². The van der Waals surface area contributed by atoms with Crippen LogP contribution in [-0.4, -0.2) is 83.0 Å². The van der Waals surface area contributed by atoms with E-state index >= 15 is 0 Å². The highest BCUT2D eigenvalue weighted by atomic mass is 35.5. The van der Waals surface area contributed by atoms with E-state index < -0.39 is 22.1 Å². The van der Waals surface area contributed by atoms with Gasteiger partial charge < -0.3 is 19.1 Å². The lowest BCUT2D eigenvalue weighted by molar-refractivity contribution is 0.0440. The highest BCUT2D eigenvalue weighted by molar-refractivity contribution is 7.89. The molecule has 3 saturated heterocycles. The molecular weight excluding hydrogens is 526 g/mol. The van der Waals surface area contributed by atoms with Crippen molar-refractivity contribution in [3.8, 4) is 0 Å². The van der Waals surface area contributed by atoms with Crippen LogP contribution in [0.3, 0.4) is 0 Å². The van der Waals surface area contributed by atoms with Gasteiger partial charge in [0.1, 0.15) is 12.4 Å². The number of nitrogens with zero attached hydrogens (tertiary/aromatic N) is 5. The van der Waals surface area contributed by atoms with E-state index in [0.29, 0.717) is 42.8 Å². The molecule has 0 spiro atoms. The summed E-state index contributed by atoms with van der Waals surface area (Å²) in [6.45, 7) is 3.68. The number of halogens is 1. The summed E-state index contributed by atoms with van der Waals surface area (Å²) in [5.41, 5.74) is 0. The first-order valence-corrected chi connectivity index (χ1v) is 15.6. The predicted octanol–water partition coefficient (Wildman–Crippen LogP) is 4.44. The lowest BCUT2D eigenvalue weighted by Crippen LogP contribution is -2.50. The normalized spacial score (nSPS) is 24.4. The van der Waals surface area contributed by atoms with Crippen molar-refractivity contribution in [2.45, 2.75) is 74.4 Å². The quantitative estimate of drug-likeness (QED) is 0.516. The summed E-state index contributed by atoms with van der Waals surface area (Å²) in [5.74, 6) is 0.679. The van der Waals surface area contributed by atoms with E-state index in [-0.39, 0.29) is 17.6 Å². The second kappa shape index (κ2) is 11.9. The number of aromatic nitrogens is 2. The van der Waals surface area contributed by atoms with Crippen LogP contribution < -0.4 is 0 Å². The Balaban J connectivity index is 1.28. The number of aryl methyl sites for hydroxylation is 1. The number of sulfonamides is 1. The third-order valence-corrected chi connectivity index (χ3v) is 10.5. The fourth-order valence-corrected chi connectivity index (χ4v) is 8.14. The van der Waals surface area contributed by atoms with Gasteiger partial charge in [-0.25, -0.2) is 18.2 Å². The summed E-state index contributed by atoms with van der Waals surface area (Å²) in [4.78, 5) is 22.0. The minimum Gasteiger partial charge on any atom is -0.448 e. The van der Waals surface area contributed by atoms with Crippen LogP contribution in [-0.2, 0) is 21.8 Å². The number of carbonyl (C=O) groups excluding carboxylic acids is 1. The number of hydrogen-bond donors (Lipinski definition) is 0. The second-order valence-electron chi connectivity index (χ2n) is 10.7. The number of carbonyl (C=O) groups is 1. The number of likely N-dealkylation sites (tertiary alicyclic amines) is 2. The number of rotatable bonds is 6. The first-order chi connectivity index (χ1) is 18.3. The molecule has 0 radical (unpaired) electrons. The van der Waals surface area contributed by atoms with E-state index in [1.165, 1.54) is 35.7 Å². The molecule has 9 nitrogen and oxygen atoms in total. The zero-order valence-electron chi connectivity index (χ0n) is 22.0. The lowest BCUT2D eigenvalue weighted by atomic mass is 9.98. The van der Waals surface area contributed by atoms with E-state index in [4.69, 9.17) is 16.3 Å². The number of ether oxygens (including phenoxy) is 1. The van der Waals surface area contributed by atoms with Gasteiger partial charge in [0.05, 0.1) is 17.0 Å². The molecule has 2 aromatic rings. The minimum atomic E-state index is -3.90. The molecule has 0 saturated carbocycles. The average Bonchev–Trinajstić information content (AvgIpc) is 3.38. The van der Waals surface area contributed by atoms with Crippen molar-refractivity contribution in [1.29, 1.82) is 0 Å². The standard InChI is InChI=1S/C27H38ClN5O4S/c1-30-19-14-29-26(30)25-7-5-6-23(33(25)38(35,36)24-10-8-21(28)9-11-24)20-37-27(34)32-17-12-22(13-18-32)31-15-3-2-4-16-31/h8-11,14,19,22-23,25H,2-7,12-13,15-18,20H2,1H3/t23-,25+/m1/s1. The van der Waals surface area contributed by atoms with Gasteiger partial charge in [-0.3, -0.25) is 0 Å². The van der Waals surface area contributed by atoms with E-state index in [1.807, 2.05) is 17.8 Å². The summed E-state index contributed by atoms with van der Waals surface area (Å²) < 4.78 is 37.1. The summed E-state index contributed by atoms with van der Waals surface area (Å²) in [6.07, 6.45) is 11.0. The van der Waals surface area contributed by atoms with Crippen LogP contribution in [0.1, 0.15) is 63.2 Å². The van der Waals surface area contributed by atoms with Gasteiger partial charge in [-0.15, -0.1) is 0 Å². The Hall–Kier alpha value is -2.14. The molecule has 1 aromatic heterocycles. The van der Waals surface area contributed by atoms with Crippen molar-refractivity contribution in [3.63, 3.8) is 0 Å². The zero-order chi connectivity index (χ0) is 26.7. The molecule has 38 heavy (non-hydrogen) atoms. The monoisotopic (exact) mass is 563 g/mol. The van der Waals surface area contributed by atoms with E-state index in [9.17, 15) is 13.2 Å². The fourth-order valence-electron chi connectivity index (χ4n) is 6.20. The first kappa shape index (κ1) is 27.4. The summed E-state index contributed by atoms with van der Waals surface area (Å²) in [5, 5.41) is 0.470. The molecule has 0 bridgehead atoms. The maximum atomic E-state index is 13.9. The Morgan fingerprint density at radius 3 is 2.37 bits per heavy atom. The van der Waals surface area contributed by atoms with Crippen LogP contribution >= 0.6 is 11.6 Å². The second-order valence-corrected chi connectivity index (χ2v) is 13.0. The molecule has 0 N–H and O–H groups in total. The van der Waals surface area contributed by atoms with E-state index in [1.54, 1.807) is 23.2 Å². The Labute approximate surface area is 230 Å². The third-order valence-electron chi connectivity index (χ3n) is 8.26. The van der Waals surface area contributed by atoms with Crippen molar-refractivity contribution in [1.82, 2.24) is 23.7 Å². The molecule has 3 fully saturated rings. The largest absolute Gasteiger partial charge is 0.448 e. The molecule has 208 valence electrons. The molecular formula is C27H38ClN5O4S. The fraction of sp³-hybridized carbons (Fsp3) is 0.630. The Bertz CT molecular complexity index is 1190. The molecule has 4 heterocycles. The van der Waals surface area contributed by atoms with Gasteiger partial charge in [-0.2, -0.15) is 4.31 Å². The van der Waals surface area contributed by atoms with Gasteiger partial charge in [0.15, 0.2) is 0 Å². The lowest BCUT2D eigenvalue weighted by Gasteiger charge is -2.41. The zero-order valence-corrected chi connectivity index (χ0v) is 23.6. The summed E-state index contributed by atoms with van der Waals surface area (Å²) >= 11 is 6.03. The predicted molar refractivity (Wildman–Crippen MR) is 145 cm³/mol. The Kier molecular flexibility index (Phi) is 8.62. The smallest absolute Gasteiger partial charge is 0.409 e. The average molecular weight is 564 g/mol. The third kappa shape index (κ3) is 5.88. The van der Waals surface area contributed by atoms with Gasteiger partial charge in [0.25, 0.3) is 0 Å². The molecule has 0 unspecified atom stereocenters. The summed E-state index contributed by atoms with van der Waals surface area (Å²) in [7, 11) is -2.03. The van der Waals surface area contributed by atoms with E-state index in [0.717, 1.165) is 32.4 Å².